The van der Waals surface area contributed by atoms with Gasteiger partial charge in [0.15, 0.2) is 0 Å². The molecule has 13 nitrogen and oxygen atoms in total. The summed E-state index contributed by atoms with van der Waals surface area (Å²) in [6.45, 7) is 0. The fourth-order valence-electron chi connectivity index (χ4n) is 3.35. The zero-order valence-corrected chi connectivity index (χ0v) is 21.7. The van der Waals surface area contributed by atoms with Gasteiger partial charge in [0, 0.05) is 12.8 Å². The minimum atomic E-state index is -1.56. The highest BCUT2D eigenvalue weighted by molar-refractivity contribution is 7.98. The third-order valence-electron chi connectivity index (χ3n) is 5.42. The lowest BCUT2D eigenvalue weighted by Crippen LogP contribution is -2.57. The van der Waals surface area contributed by atoms with Crippen molar-refractivity contribution in [3.8, 4) is 0 Å². The number of nitrogens with one attached hydrogen (secondary N) is 3. The number of thioether (sulfide) groups is 1. The number of hydrogen-bond donors (Lipinski definition) is 7. The van der Waals surface area contributed by atoms with E-state index in [4.69, 9.17) is 15.9 Å². The van der Waals surface area contributed by atoms with Crippen LogP contribution in [0.5, 0.6) is 0 Å². The van der Waals surface area contributed by atoms with Gasteiger partial charge in [-0.05, 0) is 43.3 Å². The summed E-state index contributed by atoms with van der Waals surface area (Å²) in [5.74, 6) is -5.90. The molecule has 0 aliphatic carbocycles. The molecule has 1 rings (SSSR count). The number of rotatable bonds is 18. The second-order valence-corrected chi connectivity index (χ2v) is 9.45. The summed E-state index contributed by atoms with van der Waals surface area (Å²) in [5, 5.41) is 34.3. The van der Waals surface area contributed by atoms with Crippen LogP contribution in [0, 0.1) is 0 Å². The van der Waals surface area contributed by atoms with E-state index in [9.17, 15) is 33.9 Å². The molecule has 14 heteroatoms. The zero-order valence-electron chi connectivity index (χ0n) is 20.9. The summed E-state index contributed by atoms with van der Waals surface area (Å²) in [5.41, 5.74) is 6.83. The number of amides is 3. The highest BCUT2D eigenvalue weighted by atomic mass is 32.2. The first-order chi connectivity index (χ1) is 17.9. The van der Waals surface area contributed by atoms with Crippen molar-refractivity contribution < 1.29 is 44.1 Å². The highest BCUT2D eigenvalue weighted by Gasteiger charge is 2.30. The monoisotopic (exact) mass is 554 g/mol. The lowest BCUT2D eigenvalue weighted by Gasteiger charge is -2.25. The van der Waals surface area contributed by atoms with Crippen LogP contribution in [0.2, 0.25) is 0 Å². The van der Waals surface area contributed by atoms with E-state index in [0.29, 0.717) is 5.75 Å². The summed E-state index contributed by atoms with van der Waals surface area (Å²) < 4.78 is 0. The molecule has 4 atom stereocenters. The van der Waals surface area contributed by atoms with Gasteiger partial charge in [-0.15, -0.1) is 0 Å². The number of carbonyl (C=O) groups is 6. The van der Waals surface area contributed by atoms with Crippen molar-refractivity contribution in [3.05, 3.63) is 35.9 Å². The number of nitrogens with two attached hydrogens (primary N) is 1. The number of carboxylic acid groups (broad SMARTS) is 3. The number of carboxylic acids is 3. The van der Waals surface area contributed by atoms with Crippen LogP contribution >= 0.6 is 11.8 Å². The minimum Gasteiger partial charge on any atom is -0.481 e. The van der Waals surface area contributed by atoms with Gasteiger partial charge in [-0.3, -0.25) is 24.0 Å². The first-order valence-electron chi connectivity index (χ1n) is 11.8. The van der Waals surface area contributed by atoms with Gasteiger partial charge in [0.1, 0.15) is 18.1 Å². The van der Waals surface area contributed by atoms with Crippen LogP contribution in [-0.4, -0.2) is 87.1 Å². The maximum Gasteiger partial charge on any atom is 0.326 e. The Kier molecular flexibility index (Phi) is 14.5. The summed E-state index contributed by atoms with van der Waals surface area (Å²) in [6, 6.07) is 3.95. The van der Waals surface area contributed by atoms with Crippen molar-refractivity contribution in [1.82, 2.24) is 16.0 Å². The molecule has 0 radical (unpaired) electrons. The summed E-state index contributed by atoms with van der Waals surface area (Å²) >= 11 is 1.41. The van der Waals surface area contributed by atoms with Gasteiger partial charge < -0.3 is 37.0 Å². The molecule has 1 aromatic carbocycles. The van der Waals surface area contributed by atoms with Crippen molar-refractivity contribution >= 4 is 47.4 Å². The topological polar surface area (TPSA) is 225 Å². The number of benzene rings is 1. The molecule has 0 fully saturated rings. The Morgan fingerprint density at radius 1 is 0.763 bits per heavy atom. The van der Waals surface area contributed by atoms with Crippen molar-refractivity contribution in [2.24, 2.45) is 5.73 Å². The molecule has 0 saturated heterocycles. The largest absolute Gasteiger partial charge is 0.481 e. The average Bonchev–Trinajstić information content (AvgIpc) is 2.86. The van der Waals surface area contributed by atoms with Gasteiger partial charge in [-0.2, -0.15) is 11.8 Å². The van der Waals surface area contributed by atoms with E-state index in [1.807, 2.05) is 6.07 Å². The molecule has 38 heavy (non-hydrogen) atoms. The Labute approximate surface area is 223 Å². The molecule has 8 N–H and O–H groups in total. The predicted octanol–water partition coefficient (Wildman–Crippen LogP) is -0.422. The smallest absolute Gasteiger partial charge is 0.326 e. The molecular formula is C24H34N4O9S. The van der Waals surface area contributed by atoms with Crippen molar-refractivity contribution in [3.63, 3.8) is 0 Å². The molecule has 0 heterocycles. The molecule has 0 aliphatic heterocycles. The molecular weight excluding hydrogens is 520 g/mol. The molecule has 0 aromatic heterocycles. The fourth-order valence-corrected chi connectivity index (χ4v) is 3.82. The van der Waals surface area contributed by atoms with Crippen molar-refractivity contribution in [2.75, 3.05) is 12.0 Å². The Morgan fingerprint density at radius 3 is 1.74 bits per heavy atom. The normalized spacial score (nSPS) is 13.8. The van der Waals surface area contributed by atoms with Gasteiger partial charge in [-0.25, -0.2) is 4.79 Å². The van der Waals surface area contributed by atoms with Gasteiger partial charge in [0.25, 0.3) is 0 Å². The number of hydrogen-bond acceptors (Lipinski definition) is 8. The van der Waals surface area contributed by atoms with Gasteiger partial charge >= 0.3 is 17.9 Å². The third-order valence-corrected chi connectivity index (χ3v) is 6.06. The van der Waals surface area contributed by atoms with Gasteiger partial charge in [0.05, 0.1) is 6.04 Å². The Balaban J connectivity index is 2.97. The predicted molar refractivity (Wildman–Crippen MR) is 138 cm³/mol. The molecule has 0 bridgehead atoms. The fraction of sp³-hybridized carbons (Fsp3) is 0.500. The van der Waals surface area contributed by atoms with E-state index < -0.39 is 79.1 Å². The molecule has 210 valence electrons. The van der Waals surface area contributed by atoms with E-state index in [-0.39, 0.29) is 19.3 Å². The van der Waals surface area contributed by atoms with Crippen LogP contribution in [-0.2, 0) is 35.2 Å². The van der Waals surface area contributed by atoms with Crippen LogP contribution in [0.1, 0.15) is 37.7 Å². The maximum absolute atomic E-state index is 13.1. The molecule has 0 aliphatic rings. The van der Waals surface area contributed by atoms with Gasteiger partial charge in [0.2, 0.25) is 17.7 Å². The van der Waals surface area contributed by atoms with Crippen LogP contribution in [0.15, 0.2) is 30.3 Å². The van der Waals surface area contributed by atoms with Crippen LogP contribution in [0.3, 0.4) is 0 Å². The van der Waals surface area contributed by atoms with E-state index in [1.165, 1.54) is 11.8 Å². The van der Waals surface area contributed by atoms with Crippen LogP contribution < -0.4 is 21.7 Å². The van der Waals surface area contributed by atoms with E-state index in [1.54, 1.807) is 30.5 Å². The molecule has 0 spiro atoms. The second kappa shape index (κ2) is 17.0. The standard InChI is InChI=1S/C24H34N4O9S/c1-38-12-11-17(26-21(33)15(25)13-14-5-3-2-4-6-14)23(35)27-16(7-9-19(29)30)22(34)28-18(24(36)37)8-10-20(31)32/h2-6,15-18H,7-13,25H2,1H3,(H,26,33)(H,27,35)(H,28,34)(H,29,30)(H,31,32)(H,36,37). The summed E-state index contributed by atoms with van der Waals surface area (Å²) in [6.07, 6.45) is 0.367. The quantitative estimate of drug-likeness (QED) is 0.123. The lowest BCUT2D eigenvalue weighted by molar-refractivity contribution is -0.144. The van der Waals surface area contributed by atoms with Crippen molar-refractivity contribution in [1.29, 1.82) is 0 Å². The minimum absolute atomic E-state index is 0.181. The summed E-state index contributed by atoms with van der Waals surface area (Å²) in [7, 11) is 0. The van der Waals surface area contributed by atoms with Gasteiger partial charge in [-0.1, -0.05) is 30.3 Å². The van der Waals surface area contributed by atoms with Crippen LogP contribution in [0.4, 0.5) is 0 Å². The number of carbonyl (C=O) groups excluding carboxylic acids is 3. The van der Waals surface area contributed by atoms with E-state index >= 15 is 0 Å². The first-order valence-corrected chi connectivity index (χ1v) is 13.2. The first kappa shape index (κ1) is 32.4. The average molecular weight is 555 g/mol. The molecule has 0 saturated carbocycles. The highest BCUT2D eigenvalue weighted by Crippen LogP contribution is 2.07. The van der Waals surface area contributed by atoms with Crippen molar-refractivity contribution in [2.45, 2.75) is 62.7 Å². The van der Waals surface area contributed by atoms with Crippen LogP contribution in [0.25, 0.3) is 0 Å². The maximum atomic E-state index is 13.1. The molecule has 3 amide bonds. The Morgan fingerprint density at radius 2 is 1.24 bits per heavy atom. The second-order valence-electron chi connectivity index (χ2n) is 8.46. The Hall–Kier alpha value is -3.65. The SMILES string of the molecule is CSCCC(NC(=O)C(N)Cc1ccccc1)C(=O)NC(CCC(=O)O)C(=O)NC(CCC(=O)O)C(=O)O. The van der Waals surface area contributed by atoms with E-state index in [0.717, 1.165) is 5.56 Å². The zero-order chi connectivity index (χ0) is 28.7. The Bertz CT molecular complexity index is 977. The lowest BCUT2D eigenvalue weighted by atomic mass is 10.0. The summed E-state index contributed by atoms with van der Waals surface area (Å²) in [4.78, 5) is 71.9. The third kappa shape index (κ3) is 12.5. The molecule has 4 unspecified atom stereocenters. The number of aliphatic carboxylic acids is 3. The molecule has 1 aromatic rings. The van der Waals surface area contributed by atoms with E-state index in [2.05, 4.69) is 16.0 Å².